The fraction of sp³-hybridized carbons (Fsp3) is 0.364. The second-order valence-electron chi connectivity index (χ2n) is 4.47. The van der Waals surface area contributed by atoms with Gasteiger partial charge in [-0.3, -0.25) is 11.2 Å². The molecule has 17 heavy (non-hydrogen) atoms. The molecule has 0 saturated heterocycles. The fourth-order valence-corrected chi connectivity index (χ4v) is 1.29. The van der Waals surface area contributed by atoms with Crippen LogP contribution in [0.15, 0.2) is 18.2 Å². The van der Waals surface area contributed by atoms with E-state index in [9.17, 15) is 4.79 Å². The van der Waals surface area contributed by atoms with Crippen molar-refractivity contribution in [2.24, 2.45) is 5.84 Å². The van der Waals surface area contributed by atoms with Crippen molar-refractivity contribution in [2.75, 3.05) is 10.7 Å². The number of nitrogen functional groups attached to an aromatic ring is 1. The van der Waals surface area contributed by atoms with Crippen molar-refractivity contribution in [1.82, 2.24) is 0 Å². The maximum atomic E-state index is 11.5. The van der Waals surface area contributed by atoms with Gasteiger partial charge in [-0.15, -0.1) is 0 Å². The SMILES string of the molecule is CC(C)(C)OC(=O)Nc1cc(NN)ccc1Cl. The van der Waals surface area contributed by atoms with E-state index in [0.29, 0.717) is 16.4 Å². The highest BCUT2D eigenvalue weighted by Gasteiger charge is 2.17. The van der Waals surface area contributed by atoms with Crippen LogP contribution in [-0.2, 0) is 4.74 Å². The van der Waals surface area contributed by atoms with Crippen LogP contribution in [0, 0.1) is 0 Å². The molecule has 1 aromatic rings. The van der Waals surface area contributed by atoms with Crippen molar-refractivity contribution in [3.8, 4) is 0 Å². The lowest BCUT2D eigenvalue weighted by atomic mass is 10.2. The summed E-state index contributed by atoms with van der Waals surface area (Å²) in [5.41, 5.74) is 2.99. The number of hydrogen-bond acceptors (Lipinski definition) is 4. The molecule has 0 aliphatic heterocycles. The van der Waals surface area contributed by atoms with Crippen molar-refractivity contribution in [2.45, 2.75) is 26.4 Å². The maximum Gasteiger partial charge on any atom is 0.412 e. The van der Waals surface area contributed by atoms with Crippen molar-refractivity contribution in [1.29, 1.82) is 0 Å². The Morgan fingerprint density at radius 1 is 1.41 bits per heavy atom. The number of carbonyl (C=O) groups is 1. The Labute approximate surface area is 105 Å². The second kappa shape index (κ2) is 5.25. The summed E-state index contributed by atoms with van der Waals surface area (Å²) in [5.74, 6) is 5.26. The molecular weight excluding hydrogens is 242 g/mol. The van der Waals surface area contributed by atoms with Crippen molar-refractivity contribution in [3.05, 3.63) is 23.2 Å². The van der Waals surface area contributed by atoms with E-state index in [-0.39, 0.29) is 0 Å². The summed E-state index contributed by atoms with van der Waals surface area (Å²) < 4.78 is 5.11. The molecule has 0 aliphatic rings. The minimum Gasteiger partial charge on any atom is -0.444 e. The molecule has 0 unspecified atom stereocenters. The van der Waals surface area contributed by atoms with Crippen LogP contribution >= 0.6 is 11.6 Å². The number of hydrazine groups is 1. The van der Waals surface area contributed by atoms with Crippen LogP contribution in [0.5, 0.6) is 0 Å². The second-order valence-corrected chi connectivity index (χ2v) is 4.87. The monoisotopic (exact) mass is 257 g/mol. The number of rotatable bonds is 2. The summed E-state index contributed by atoms with van der Waals surface area (Å²) in [7, 11) is 0. The van der Waals surface area contributed by atoms with Gasteiger partial charge in [0.05, 0.1) is 16.4 Å². The highest BCUT2D eigenvalue weighted by Crippen LogP contribution is 2.25. The summed E-state index contributed by atoms with van der Waals surface area (Å²) in [6.07, 6.45) is -0.562. The minimum absolute atomic E-state index is 0.412. The molecule has 0 saturated carbocycles. The number of anilines is 2. The molecule has 4 N–H and O–H groups in total. The lowest BCUT2D eigenvalue weighted by Gasteiger charge is -2.20. The first kappa shape index (κ1) is 13.6. The van der Waals surface area contributed by atoms with E-state index >= 15 is 0 Å². The molecule has 0 bridgehead atoms. The first-order valence-electron chi connectivity index (χ1n) is 5.08. The normalized spacial score (nSPS) is 10.9. The van der Waals surface area contributed by atoms with Gasteiger partial charge in [0.1, 0.15) is 5.60 Å². The molecule has 6 heteroatoms. The average Bonchev–Trinajstić information content (AvgIpc) is 2.18. The molecule has 0 aliphatic carbocycles. The first-order chi connectivity index (χ1) is 7.81. The molecule has 5 nitrogen and oxygen atoms in total. The molecular formula is C11H16ClN3O2. The van der Waals surface area contributed by atoms with Crippen molar-refractivity contribution < 1.29 is 9.53 Å². The van der Waals surface area contributed by atoms with E-state index in [0.717, 1.165) is 0 Å². The van der Waals surface area contributed by atoms with Crippen LogP contribution in [0.4, 0.5) is 16.2 Å². The Balaban J connectivity index is 2.77. The van der Waals surface area contributed by atoms with E-state index in [1.165, 1.54) is 0 Å². The summed E-state index contributed by atoms with van der Waals surface area (Å²) in [6.45, 7) is 5.35. The first-order valence-corrected chi connectivity index (χ1v) is 5.46. The van der Waals surface area contributed by atoms with Crippen LogP contribution < -0.4 is 16.6 Å². The number of benzene rings is 1. The largest absolute Gasteiger partial charge is 0.444 e. The third-order valence-electron chi connectivity index (χ3n) is 1.77. The van der Waals surface area contributed by atoms with Gasteiger partial charge in [-0.25, -0.2) is 4.79 Å². The summed E-state index contributed by atoms with van der Waals surface area (Å²) in [6, 6.07) is 4.94. The molecule has 94 valence electrons. The zero-order chi connectivity index (χ0) is 13.1. The summed E-state index contributed by atoms with van der Waals surface area (Å²) >= 11 is 5.93. The smallest absolute Gasteiger partial charge is 0.412 e. The Morgan fingerprint density at radius 2 is 2.06 bits per heavy atom. The van der Waals surface area contributed by atoms with E-state index < -0.39 is 11.7 Å². The molecule has 0 spiro atoms. The van der Waals surface area contributed by atoms with E-state index in [2.05, 4.69) is 10.7 Å². The fourth-order valence-electron chi connectivity index (χ4n) is 1.12. The summed E-state index contributed by atoms with van der Waals surface area (Å²) in [4.78, 5) is 11.5. The van der Waals surface area contributed by atoms with Crippen molar-refractivity contribution in [3.63, 3.8) is 0 Å². The number of ether oxygens (including phenoxy) is 1. The van der Waals surface area contributed by atoms with E-state index in [4.69, 9.17) is 22.2 Å². The van der Waals surface area contributed by atoms with E-state index in [1.807, 2.05) is 0 Å². The van der Waals surface area contributed by atoms with Gasteiger partial charge in [-0.05, 0) is 39.0 Å². The Bertz CT molecular complexity index is 416. The lowest BCUT2D eigenvalue weighted by molar-refractivity contribution is 0.0636. The highest BCUT2D eigenvalue weighted by molar-refractivity contribution is 6.33. The molecule has 0 fully saturated rings. The number of halogens is 1. The minimum atomic E-state index is -0.562. The number of hydrogen-bond donors (Lipinski definition) is 3. The zero-order valence-corrected chi connectivity index (χ0v) is 10.8. The molecule has 1 aromatic carbocycles. The average molecular weight is 258 g/mol. The standard InChI is InChI=1S/C11H16ClN3O2/c1-11(2,3)17-10(16)14-9-6-7(15-13)4-5-8(9)12/h4-6,15H,13H2,1-3H3,(H,14,16). The highest BCUT2D eigenvalue weighted by atomic mass is 35.5. The van der Waals surface area contributed by atoms with Gasteiger partial charge >= 0.3 is 6.09 Å². The topological polar surface area (TPSA) is 76.4 Å². The van der Waals surface area contributed by atoms with Gasteiger partial charge < -0.3 is 10.2 Å². The lowest BCUT2D eigenvalue weighted by Crippen LogP contribution is -2.27. The number of nitrogens with one attached hydrogen (secondary N) is 2. The van der Waals surface area contributed by atoms with Gasteiger partial charge in [0.25, 0.3) is 0 Å². The van der Waals surface area contributed by atoms with Crippen LogP contribution in [0.3, 0.4) is 0 Å². The van der Waals surface area contributed by atoms with Crippen LogP contribution in [0.25, 0.3) is 0 Å². The summed E-state index contributed by atoms with van der Waals surface area (Å²) in [5, 5.41) is 2.96. The Hall–Kier alpha value is -1.46. The van der Waals surface area contributed by atoms with Crippen LogP contribution in [-0.4, -0.2) is 11.7 Å². The number of amides is 1. The third kappa shape index (κ3) is 4.50. The van der Waals surface area contributed by atoms with Gasteiger partial charge in [0.15, 0.2) is 0 Å². The van der Waals surface area contributed by atoms with Gasteiger partial charge in [0.2, 0.25) is 0 Å². The number of carbonyl (C=O) groups excluding carboxylic acids is 1. The molecule has 1 rings (SSSR count). The maximum absolute atomic E-state index is 11.5. The van der Waals surface area contributed by atoms with Gasteiger partial charge in [-0.1, -0.05) is 11.6 Å². The Morgan fingerprint density at radius 3 is 2.59 bits per heavy atom. The molecule has 0 atom stereocenters. The van der Waals surface area contributed by atoms with E-state index in [1.54, 1.807) is 39.0 Å². The molecule has 0 radical (unpaired) electrons. The Kier molecular flexibility index (Phi) is 4.20. The number of nitrogens with two attached hydrogens (primary N) is 1. The molecule has 1 amide bonds. The van der Waals surface area contributed by atoms with Crippen LogP contribution in [0.2, 0.25) is 5.02 Å². The molecule has 0 heterocycles. The van der Waals surface area contributed by atoms with Crippen molar-refractivity contribution >= 4 is 29.1 Å². The predicted octanol–water partition coefficient (Wildman–Crippen LogP) is 2.97. The molecule has 0 aromatic heterocycles. The van der Waals surface area contributed by atoms with Gasteiger partial charge in [-0.2, -0.15) is 0 Å². The third-order valence-corrected chi connectivity index (χ3v) is 2.10. The van der Waals surface area contributed by atoms with Crippen LogP contribution in [0.1, 0.15) is 20.8 Å². The van der Waals surface area contributed by atoms with Gasteiger partial charge in [0, 0.05) is 0 Å². The zero-order valence-electron chi connectivity index (χ0n) is 10.0. The quantitative estimate of drug-likeness (QED) is 0.562. The predicted molar refractivity (Wildman–Crippen MR) is 69.1 cm³/mol.